The highest BCUT2D eigenvalue weighted by Crippen LogP contribution is 2.57. The molecule has 5 nitrogen and oxygen atoms in total. The predicted octanol–water partition coefficient (Wildman–Crippen LogP) is 2.68. The smallest absolute Gasteiger partial charge is 0.243 e. The van der Waals surface area contributed by atoms with Crippen LogP contribution < -0.4 is 10.6 Å². The third kappa shape index (κ3) is 2.67. The second-order valence-electron chi connectivity index (χ2n) is 7.42. The zero-order valence-electron chi connectivity index (χ0n) is 15.3. The van der Waals surface area contributed by atoms with Gasteiger partial charge in [-0.3, -0.25) is 14.4 Å². The highest BCUT2D eigenvalue weighted by Gasteiger charge is 2.64. The van der Waals surface area contributed by atoms with Gasteiger partial charge in [0.1, 0.15) is 11.2 Å². The van der Waals surface area contributed by atoms with Gasteiger partial charge >= 0.3 is 0 Å². The van der Waals surface area contributed by atoms with Gasteiger partial charge in [0.15, 0.2) is 5.11 Å². The number of hydrogen-bond acceptors (Lipinski definition) is 4. The normalized spacial score (nSPS) is 26.7. The van der Waals surface area contributed by atoms with E-state index in [-0.39, 0.29) is 17.3 Å². The second kappa shape index (κ2) is 6.95. The topological polar surface area (TPSA) is 75.3 Å². The standard InChI is InChI=1S/C22H20N2O3S/c1-13-17(25)12-16(14-8-4-2-5-9-14)22(18(13)15-10-6-3-7-11-15)19(26)23-21(28)24-20(22)27/h2-11,13,16,18H,12H2,1H3,(H2,23,24,26,27,28). The molecule has 2 aromatic carbocycles. The Labute approximate surface area is 168 Å². The number of ketones is 1. The number of carbonyl (C=O) groups is 3. The number of rotatable bonds is 2. The monoisotopic (exact) mass is 392 g/mol. The molecule has 2 fully saturated rings. The second-order valence-corrected chi connectivity index (χ2v) is 7.83. The van der Waals surface area contributed by atoms with Crippen LogP contribution in [0.15, 0.2) is 60.7 Å². The van der Waals surface area contributed by atoms with E-state index in [0.29, 0.717) is 0 Å². The predicted molar refractivity (Wildman–Crippen MR) is 108 cm³/mol. The van der Waals surface area contributed by atoms with E-state index in [2.05, 4.69) is 10.6 Å². The number of amides is 2. The van der Waals surface area contributed by atoms with Crippen LogP contribution in [0.25, 0.3) is 0 Å². The van der Waals surface area contributed by atoms with Crippen molar-refractivity contribution in [1.82, 2.24) is 10.6 Å². The van der Waals surface area contributed by atoms with Gasteiger partial charge in [-0.25, -0.2) is 0 Å². The van der Waals surface area contributed by atoms with Crippen molar-refractivity contribution in [2.75, 3.05) is 0 Å². The molecule has 1 spiro atoms. The van der Waals surface area contributed by atoms with Crippen LogP contribution in [-0.4, -0.2) is 22.7 Å². The Balaban J connectivity index is 1.99. The quantitative estimate of drug-likeness (QED) is 0.609. The lowest BCUT2D eigenvalue weighted by molar-refractivity contribution is -0.153. The Hall–Kier alpha value is -2.86. The van der Waals surface area contributed by atoms with Crippen LogP contribution in [0.2, 0.25) is 0 Å². The van der Waals surface area contributed by atoms with Crippen molar-refractivity contribution in [2.24, 2.45) is 11.3 Å². The van der Waals surface area contributed by atoms with Crippen LogP contribution in [0.5, 0.6) is 0 Å². The largest absolute Gasteiger partial charge is 0.302 e. The summed E-state index contributed by atoms with van der Waals surface area (Å²) in [5.41, 5.74) is 0.127. The number of thiocarbonyl (C=S) groups is 1. The number of carbonyl (C=O) groups excluding carboxylic acids is 3. The summed E-state index contributed by atoms with van der Waals surface area (Å²) in [6, 6.07) is 18.6. The van der Waals surface area contributed by atoms with Crippen molar-refractivity contribution in [3.63, 3.8) is 0 Å². The molecule has 28 heavy (non-hydrogen) atoms. The van der Waals surface area contributed by atoms with Crippen molar-refractivity contribution in [1.29, 1.82) is 0 Å². The molecule has 142 valence electrons. The molecule has 0 radical (unpaired) electrons. The molecule has 6 heteroatoms. The van der Waals surface area contributed by atoms with Crippen LogP contribution >= 0.6 is 12.2 Å². The van der Waals surface area contributed by atoms with Crippen molar-refractivity contribution in [3.8, 4) is 0 Å². The minimum Gasteiger partial charge on any atom is -0.302 e. The minimum absolute atomic E-state index is 0.00352. The Morgan fingerprint density at radius 3 is 1.89 bits per heavy atom. The summed E-state index contributed by atoms with van der Waals surface area (Å²) in [4.78, 5) is 39.9. The Morgan fingerprint density at radius 2 is 1.36 bits per heavy atom. The fraction of sp³-hybridized carbons (Fsp3) is 0.273. The van der Waals surface area contributed by atoms with Crippen LogP contribution in [0, 0.1) is 11.3 Å². The maximum Gasteiger partial charge on any atom is 0.243 e. The first-order valence-electron chi connectivity index (χ1n) is 9.25. The van der Waals surface area contributed by atoms with Crippen LogP contribution in [0.3, 0.4) is 0 Å². The molecule has 1 saturated heterocycles. The van der Waals surface area contributed by atoms with Crippen molar-refractivity contribution >= 4 is 34.9 Å². The molecule has 1 aliphatic carbocycles. The average Bonchev–Trinajstić information content (AvgIpc) is 2.69. The molecule has 0 aromatic heterocycles. The van der Waals surface area contributed by atoms with Gasteiger partial charge in [0, 0.05) is 24.2 Å². The van der Waals surface area contributed by atoms with Crippen LogP contribution in [0.1, 0.15) is 36.3 Å². The lowest BCUT2D eigenvalue weighted by Gasteiger charge is -2.50. The molecular formula is C22H20N2O3S. The minimum atomic E-state index is -1.46. The van der Waals surface area contributed by atoms with E-state index in [4.69, 9.17) is 12.2 Å². The van der Waals surface area contributed by atoms with Gasteiger partial charge in [0.25, 0.3) is 0 Å². The van der Waals surface area contributed by atoms with E-state index in [1.54, 1.807) is 6.92 Å². The molecule has 2 aromatic rings. The van der Waals surface area contributed by atoms with Gasteiger partial charge in [-0.2, -0.15) is 0 Å². The first kappa shape index (κ1) is 18.5. The SMILES string of the molecule is CC1C(=O)CC(c2ccccc2)C2(C(=O)NC(=S)NC2=O)C1c1ccccc1. The lowest BCUT2D eigenvalue weighted by atomic mass is 9.51. The van der Waals surface area contributed by atoms with Crippen molar-refractivity contribution in [3.05, 3.63) is 71.8 Å². The Bertz CT molecular complexity index is 938. The van der Waals surface area contributed by atoms with Crippen molar-refractivity contribution < 1.29 is 14.4 Å². The van der Waals surface area contributed by atoms with Gasteiger partial charge in [-0.05, 0) is 23.3 Å². The molecule has 1 saturated carbocycles. The van der Waals surface area contributed by atoms with Gasteiger partial charge in [0.05, 0.1) is 0 Å². The molecule has 4 rings (SSSR count). The number of benzene rings is 2. The summed E-state index contributed by atoms with van der Waals surface area (Å²) in [7, 11) is 0. The van der Waals surface area contributed by atoms with E-state index >= 15 is 0 Å². The molecule has 3 atom stereocenters. The van der Waals surface area contributed by atoms with E-state index in [9.17, 15) is 14.4 Å². The molecule has 1 heterocycles. The molecule has 2 N–H and O–H groups in total. The zero-order valence-corrected chi connectivity index (χ0v) is 16.2. The first-order valence-corrected chi connectivity index (χ1v) is 9.66. The van der Waals surface area contributed by atoms with Gasteiger partial charge in [-0.1, -0.05) is 67.6 Å². The van der Waals surface area contributed by atoms with E-state index < -0.39 is 35.0 Å². The lowest BCUT2D eigenvalue weighted by Crippen LogP contribution is -2.68. The van der Waals surface area contributed by atoms with E-state index in [1.807, 2.05) is 60.7 Å². The summed E-state index contributed by atoms with van der Waals surface area (Å²) in [5.74, 6) is -2.49. The number of hydrogen-bond donors (Lipinski definition) is 2. The van der Waals surface area contributed by atoms with Crippen LogP contribution in [0.4, 0.5) is 0 Å². The Morgan fingerprint density at radius 1 is 0.857 bits per heavy atom. The summed E-state index contributed by atoms with van der Waals surface area (Å²) < 4.78 is 0. The number of Topliss-reactive ketones (excluding diaryl/α,β-unsaturated/α-hetero) is 1. The van der Waals surface area contributed by atoms with E-state index in [1.165, 1.54) is 0 Å². The molecular weight excluding hydrogens is 372 g/mol. The highest BCUT2D eigenvalue weighted by molar-refractivity contribution is 7.80. The first-order chi connectivity index (χ1) is 13.5. The highest BCUT2D eigenvalue weighted by atomic mass is 32.1. The molecule has 2 aliphatic rings. The third-order valence-corrected chi connectivity index (χ3v) is 6.22. The molecule has 1 aliphatic heterocycles. The van der Waals surface area contributed by atoms with Crippen molar-refractivity contribution in [2.45, 2.75) is 25.2 Å². The summed E-state index contributed by atoms with van der Waals surface area (Å²) in [5, 5.41) is 5.31. The van der Waals surface area contributed by atoms with Crippen LogP contribution in [-0.2, 0) is 14.4 Å². The maximum absolute atomic E-state index is 13.4. The Kier molecular flexibility index (Phi) is 4.59. The fourth-order valence-corrected chi connectivity index (χ4v) is 4.95. The summed E-state index contributed by atoms with van der Waals surface area (Å²) in [6.07, 6.45) is 0.127. The van der Waals surface area contributed by atoms with Gasteiger partial charge < -0.3 is 10.6 Å². The maximum atomic E-state index is 13.4. The van der Waals surface area contributed by atoms with E-state index in [0.717, 1.165) is 11.1 Å². The molecule has 2 amide bonds. The number of nitrogens with one attached hydrogen (secondary N) is 2. The third-order valence-electron chi connectivity index (χ3n) is 6.02. The molecule has 0 bridgehead atoms. The summed E-state index contributed by atoms with van der Waals surface area (Å²) >= 11 is 5.04. The fourth-order valence-electron chi connectivity index (χ4n) is 4.77. The average molecular weight is 392 g/mol. The van der Waals surface area contributed by atoms with Gasteiger partial charge in [-0.15, -0.1) is 0 Å². The zero-order chi connectivity index (χ0) is 19.9. The van der Waals surface area contributed by atoms with Gasteiger partial charge in [0.2, 0.25) is 11.8 Å². The summed E-state index contributed by atoms with van der Waals surface area (Å²) in [6.45, 7) is 1.80. The molecule has 3 unspecified atom stereocenters.